The molecule has 0 bridgehead atoms. The van der Waals surface area contributed by atoms with Gasteiger partial charge in [0.25, 0.3) is 0 Å². The van der Waals surface area contributed by atoms with E-state index in [2.05, 4.69) is 340 Å². The number of benzene rings is 6. The summed E-state index contributed by atoms with van der Waals surface area (Å²) in [6, 6.07) is 32.5. The molecule has 11 heteroatoms. The van der Waals surface area contributed by atoms with E-state index in [1.165, 1.54) is 100 Å². The summed E-state index contributed by atoms with van der Waals surface area (Å²) >= 11 is 27.5. The quantitative estimate of drug-likeness (QED) is 0.146. The molecule has 0 saturated carbocycles. The summed E-state index contributed by atoms with van der Waals surface area (Å²) in [5.74, 6) is 0. The van der Waals surface area contributed by atoms with Crippen molar-refractivity contribution in [3.05, 3.63) is 141 Å². The summed E-state index contributed by atoms with van der Waals surface area (Å²) < 4.78 is 14.1. The van der Waals surface area contributed by atoms with E-state index in [-0.39, 0.29) is 0 Å². The summed E-state index contributed by atoms with van der Waals surface area (Å²) in [5.41, 5.74) is 14.4. The lowest BCUT2D eigenvalue weighted by Crippen LogP contribution is -1.99. The summed E-state index contributed by atoms with van der Waals surface area (Å²) in [7, 11) is 0. The molecule has 0 atom stereocenters. The van der Waals surface area contributed by atoms with Gasteiger partial charge in [-0.15, -0.1) is 0 Å². The molecule has 0 heterocycles. The number of hydrogen-bond donors (Lipinski definition) is 0. The highest BCUT2D eigenvalue weighted by Gasteiger charge is 2.19. The monoisotopic (exact) mass is 1870 g/mol. The molecule has 0 unspecified atom stereocenters. The van der Waals surface area contributed by atoms with Crippen LogP contribution in [-0.2, 0) is 6.42 Å². The first kappa shape index (κ1) is 42.0. The van der Waals surface area contributed by atoms with Gasteiger partial charge >= 0.3 is 0 Å². The highest BCUT2D eigenvalue weighted by molar-refractivity contribution is 14.1. The smallest absolute Gasteiger partial charge is 0.0225 e. The topological polar surface area (TPSA) is 0 Å². The minimum absolute atomic E-state index is 0.901. The van der Waals surface area contributed by atoms with Crippen LogP contribution < -0.4 is 0 Å². The first-order chi connectivity index (χ1) is 23.2. The zero-order valence-electron chi connectivity index (χ0n) is 24.9. The molecule has 6 aromatic carbocycles. The van der Waals surface area contributed by atoms with Crippen LogP contribution in [0.5, 0.6) is 0 Å². The second-order valence-corrected chi connectivity index (χ2v) is 24.4. The average molecular weight is 1870 g/mol. The van der Waals surface area contributed by atoms with Crippen LogP contribution in [0.4, 0.5) is 0 Å². The van der Waals surface area contributed by atoms with E-state index in [0.717, 1.165) is 6.42 Å². The Morgan fingerprint density at radius 2 is 0.571 bits per heavy atom. The molecule has 0 spiro atoms. The zero-order valence-corrected chi connectivity index (χ0v) is 48.7. The number of halogens is 11. The van der Waals surface area contributed by atoms with Gasteiger partial charge in [0.15, 0.2) is 0 Å². The van der Waals surface area contributed by atoms with Crippen molar-refractivity contribution in [3.8, 4) is 44.5 Å². The average Bonchev–Trinajstić information content (AvgIpc) is 2.95. The Bertz CT molecular complexity index is 2000. The molecule has 0 aliphatic carbocycles. The maximum atomic E-state index is 2.54. The molecule has 0 radical (unpaired) electrons. The fraction of sp³-hybridized carbons (Fsp3) is 0.0526. The van der Waals surface area contributed by atoms with Gasteiger partial charge in [-0.25, -0.2) is 0 Å². The van der Waals surface area contributed by atoms with Crippen molar-refractivity contribution in [1.82, 2.24) is 0 Å². The highest BCUT2D eigenvalue weighted by Crippen LogP contribution is 2.41. The molecule has 0 fully saturated rings. The summed E-state index contributed by atoms with van der Waals surface area (Å²) in [4.78, 5) is 0. The first-order valence-electron chi connectivity index (χ1n) is 14.4. The molecule has 6 rings (SSSR count). The van der Waals surface area contributed by atoms with Crippen molar-refractivity contribution in [2.24, 2.45) is 0 Å². The Kier molecular flexibility index (Phi) is 15.7. The van der Waals surface area contributed by atoms with Gasteiger partial charge in [0.1, 0.15) is 0 Å². The Morgan fingerprint density at radius 1 is 0.306 bits per heavy atom. The van der Waals surface area contributed by atoms with Gasteiger partial charge in [0.2, 0.25) is 0 Å². The lowest BCUT2D eigenvalue weighted by molar-refractivity contribution is 1.18. The third kappa shape index (κ3) is 10.1. The summed E-state index contributed by atoms with van der Waals surface area (Å²) in [6.45, 7) is 2.18. The molecule has 0 saturated heterocycles. The number of rotatable bonds is 6. The van der Waals surface area contributed by atoms with E-state index >= 15 is 0 Å². The van der Waals surface area contributed by atoms with Crippen LogP contribution in [0.2, 0.25) is 0 Å². The van der Waals surface area contributed by atoms with E-state index < -0.39 is 0 Å². The molecule has 0 aromatic heterocycles. The van der Waals surface area contributed by atoms with Gasteiger partial charge in [-0.05, 0) is 380 Å². The fourth-order valence-electron chi connectivity index (χ4n) is 5.81. The van der Waals surface area contributed by atoms with Gasteiger partial charge in [-0.2, -0.15) is 0 Å². The van der Waals surface area contributed by atoms with Gasteiger partial charge in [0.05, 0.1) is 0 Å². The Morgan fingerprint density at radius 3 is 0.898 bits per heavy atom. The lowest BCUT2D eigenvalue weighted by atomic mass is 9.96. The molecule has 0 amide bonds. The van der Waals surface area contributed by atoms with Gasteiger partial charge in [-0.1, -0.05) is 6.07 Å². The van der Waals surface area contributed by atoms with E-state index in [0.29, 0.717) is 0 Å². The van der Waals surface area contributed by atoms with Crippen molar-refractivity contribution < 1.29 is 0 Å². The Labute approximate surface area is 437 Å². The fourth-order valence-corrected chi connectivity index (χ4v) is 18.4. The molecule has 0 N–H and O–H groups in total. The normalized spacial score (nSPS) is 11.3. The molecule has 0 nitrogen and oxygen atoms in total. The van der Waals surface area contributed by atoms with Crippen LogP contribution in [0.25, 0.3) is 44.5 Å². The predicted octanol–water partition coefficient (Wildman–Crippen LogP) is 16.9. The van der Waals surface area contributed by atoms with Crippen LogP contribution in [0.15, 0.2) is 84.9 Å². The van der Waals surface area contributed by atoms with Crippen molar-refractivity contribution in [2.75, 3.05) is 0 Å². The molecule has 0 aliphatic rings. The number of aryl methyl sites for hydroxylation is 1. The third-order valence-corrected chi connectivity index (χ3v) is 16.4. The number of hydrogen-bond acceptors (Lipinski definition) is 0. The molecule has 49 heavy (non-hydrogen) atoms. The highest BCUT2D eigenvalue weighted by atomic mass is 127. The Balaban J connectivity index is 1.29. The summed E-state index contributed by atoms with van der Waals surface area (Å²) in [6.07, 6.45) is 0.901. The maximum Gasteiger partial charge on any atom is 0.0225 e. The lowest BCUT2D eigenvalue weighted by Gasteiger charge is -2.17. The van der Waals surface area contributed by atoms with Crippen molar-refractivity contribution in [2.45, 2.75) is 13.3 Å². The molecular formula is C38H19I11. The SMILES string of the molecule is Cc1cc(I)cc(-c2c(I)cc(-c3c(I)cc(Cc4cc(I)c(-c5cc(I)c(-c6cc(I)cc(I)c6)c(I)c5)c(I)c4)cc3I)cc2I)c1. The Hall–Kier alpha value is 3.35. The van der Waals surface area contributed by atoms with Crippen LogP contribution >= 0.6 is 248 Å². The van der Waals surface area contributed by atoms with E-state index in [1.54, 1.807) is 0 Å². The second kappa shape index (κ2) is 18.3. The predicted molar refractivity (Wildman–Crippen MR) is 302 cm³/mol. The maximum absolute atomic E-state index is 2.54. The van der Waals surface area contributed by atoms with Crippen LogP contribution in [0.3, 0.4) is 0 Å². The van der Waals surface area contributed by atoms with E-state index in [4.69, 9.17) is 0 Å². The molecule has 6 aromatic rings. The molecule has 248 valence electrons. The second-order valence-electron chi connectivity index (χ2n) is 11.4. The zero-order chi connectivity index (χ0) is 35.3. The van der Waals surface area contributed by atoms with Crippen LogP contribution in [0.1, 0.15) is 16.7 Å². The third-order valence-electron chi connectivity index (χ3n) is 7.76. The van der Waals surface area contributed by atoms with Crippen LogP contribution in [-0.4, -0.2) is 0 Å². The standard InChI is InChI=1S/C38H19I11/c1-17-2-20(9-24(39)3-17)35-31(46)12-22(13-32(35)47)37-27(42)5-18(6-28(37)43)4-19-7-29(44)38(30(45)8-19)23-14-33(48)36(34(49)15-23)21-10-25(40)16-26(41)11-21/h2-3,5-16H,4H2,1H3. The molecular weight excluding hydrogens is 1850 g/mol. The van der Waals surface area contributed by atoms with Crippen molar-refractivity contribution in [3.63, 3.8) is 0 Å². The largest absolute Gasteiger partial charge is 0.0513 e. The van der Waals surface area contributed by atoms with Crippen molar-refractivity contribution in [1.29, 1.82) is 0 Å². The molecule has 0 aliphatic heterocycles. The minimum Gasteiger partial charge on any atom is -0.0513 e. The van der Waals surface area contributed by atoms with E-state index in [1.807, 2.05) is 0 Å². The summed E-state index contributed by atoms with van der Waals surface area (Å²) in [5, 5.41) is 0. The van der Waals surface area contributed by atoms with Crippen LogP contribution in [0, 0.1) is 46.2 Å². The first-order valence-corrected chi connectivity index (χ1v) is 26.2. The van der Waals surface area contributed by atoms with Gasteiger partial charge in [0, 0.05) is 61.5 Å². The van der Waals surface area contributed by atoms with E-state index in [9.17, 15) is 0 Å². The van der Waals surface area contributed by atoms with Gasteiger partial charge < -0.3 is 0 Å². The minimum atomic E-state index is 0.901. The van der Waals surface area contributed by atoms with Gasteiger partial charge in [-0.3, -0.25) is 0 Å². The van der Waals surface area contributed by atoms with Crippen molar-refractivity contribution >= 4 is 248 Å².